The molecule has 3 aliphatic carbocycles. The molecule has 2 nitrogen and oxygen atoms in total. The van der Waals surface area contributed by atoms with Gasteiger partial charge < -0.3 is 9.47 Å². The molecule has 0 amide bonds. The Morgan fingerprint density at radius 3 is 1.75 bits per heavy atom. The molecule has 2 fully saturated rings. The number of rotatable bonds is 6. The first-order valence-electron chi connectivity index (χ1n) is 22.6. The van der Waals surface area contributed by atoms with Crippen LogP contribution < -0.4 is 4.90 Å². The largest absolute Gasteiger partial charge is 0.310 e. The number of hydrogen-bond acceptors (Lipinski definition) is 2. The van der Waals surface area contributed by atoms with Crippen molar-refractivity contribution >= 4 is 70.4 Å². The molecule has 12 rings (SSSR count). The molecule has 0 radical (unpaired) electrons. The van der Waals surface area contributed by atoms with Gasteiger partial charge in [0.1, 0.15) is 0 Å². The van der Waals surface area contributed by atoms with Crippen molar-refractivity contribution in [3.05, 3.63) is 168 Å². The summed E-state index contributed by atoms with van der Waals surface area (Å²) in [5, 5.41) is 5.28. The van der Waals surface area contributed by atoms with Gasteiger partial charge in [0.15, 0.2) is 0 Å². The lowest BCUT2D eigenvalue weighted by Gasteiger charge is -2.29. The van der Waals surface area contributed by atoms with Crippen LogP contribution in [0.4, 0.5) is 17.1 Å². The van der Waals surface area contributed by atoms with E-state index in [1.165, 1.54) is 157 Å². The number of aromatic nitrogens is 1. The maximum Gasteiger partial charge on any atom is 0.0561 e. The van der Waals surface area contributed by atoms with Gasteiger partial charge in [-0.05, 0) is 132 Å². The van der Waals surface area contributed by atoms with Crippen LogP contribution in [0.2, 0.25) is 0 Å². The van der Waals surface area contributed by atoms with E-state index in [4.69, 9.17) is 0 Å². The van der Waals surface area contributed by atoms with Crippen LogP contribution in [0.15, 0.2) is 146 Å². The fourth-order valence-electron chi connectivity index (χ4n) is 11.6. The Balaban J connectivity index is 1.05. The molecule has 3 aliphatic rings. The molecular formula is C57H52N2S. The Morgan fingerprint density at radius 2 is 1.00 bits per heavy atom. The zero-order valence-electron chi connectivity index (χ0n) is 34.9. The highest BCUT2D eigenvalue weighted by molar-refractivity contribution is 7.25. The Morgan fingerprint density at radius 1 is 0.467 bits per heavy atom. The summed E-state index contributed by atoms with van der Waals surface area (Å²) in [7, 11) is 0. The molecule has 60 heavy (non-hydrogen) atoms. The summed E-state index contributed by atoms with van der Waals surface area (Å²) in [6.45, 7) is 4.90. The molecule has 0 saturated heterocycles. The highest BCUT2D eigenvalue weighted by Gasteiger charge is 2.37. The number of fused-ring (bicyclic) bond motifs is 9. The van der Waals surface area contributed by atoms with Gasteiger partial charge >= 0.3 is 0 Å². The average Bonchev–Trinajstić information content (AvgIpc) is 3.91. The van der Waals surface area contributed by atoms with Crippen LogP contribution >= 0.6 is 11.3 Å². The first-order valence-corrected chi connectivity index (χ1v) is 23.5. The molecular weight excluding hydrogens is 745 g/mol. The lowest BCUT2D eigenvalue weighted by atomic mass is 9.79. The fourth-order valence-corrected chi connectivity index (χ4v) is 12.7. The summed E-state index contributed by atoms with van der Waals surface area (Å²) >= 11 is 1.90. The van der Waals surface area contributed by atoms with Crippen LogP contribution in [0.25, 0.3) is 58.8 Å². The normalized spacial score (nSPS) is 16.8. The van der Waals surface area contributed by atoms with Gasteiger partial charge in [0, 0.05) is 59.1 Å². The molecule has 0 spiro atoms. The summed E-state index contributed by atoms with van der Waals surface area (Å²) in [5.74, 6) is 1.34. The predicted molar refractivity (Wildman–Crippen MR) is 258 cm³/mol. The molecule has 9 aromatic rings. The van der Waals surface area contributed by atoms with E-state index < -0.39 is 0 Å². The van der Waals surface area contributed by atoms with Gasteiger partial charge in [0.2, 0.25) is 0 Å². The lowest BCUT2D eigenvalue weighted by molar-refractivity contribution is 0.443. The van der Waals surface area contributed by atoms with E-state index >= 15 is 0 Å². The lowest BCUT2D eigenvalue weighted by Crippen LogP contribution is -2.17. The molecule has 0 atom stereocenters. The van der Waals surface area contributed by atoms with Gasteiger partial charge in [0.05, 0.1) is 11.0 Å². The second kappa shape index (κ2) is 14.2. The molecule has 7 aromatic carbocycles. The van der Waals surface area contributed by atoms with Gasteiger partial charge in [-0.2, -0.15) is 0 Å². The molecule has 3 heteroatoms. The third kappa shape index (κ3) is 5.80. The Hall–Kier alpha value is -5.64. The first-order chi connectivity index (χ1) is 29.5. The SMILES string of the molecule is CC1(C)c2cc(C3CCCCC3)ccc2-c2ccc(N(c3ccc4c(c3)sc3ccccc34)c3ccc4c5ccc(C6CCCCC6)cc5n(-c5ccccc5)c4c3)cc21. The van der Waals surface area contributed by atoms with E-state index in [0.29, 0.717) is 11.8 Å². The number of hydrogen-bond donors (Lipinski definition) is 0. The number of thiophene rings is 1. The summed E-state index contributed by atoms with van der Waals surface area (Å²) in [4.78, 5) is 2.52. The summed E-state index contributed by atoms with van der Waals surface area (Å²) in [6, 6.07) is 56.3. The van der Waals surface area contributed by atoms with Crippen molar-refractivity contribution in [3.63, 3.8) is 0 Å². The standard InChI is InChI=1S/C57H52N2S/c1-57(2)51-32-39(37-14-6-3-7-15-37)22-27-45(51)46-29-24-42(34-52(46)57)58(44-26-31-50-49-20-12-13-21-55(49)60-56(50)36-44)43-25-30-48-47-28-23-40(38-16-8-4-9-17-38)33-53(47)59(54(48)35-43)41-18-10-5-11-19-41/h5,10-13,18-38H,3-4,6-9,14-17H2,1-2H3. The predicted octanol–water partition coefficient (Wildman–Crippen LogP) is 17.0. The zero-order valence-corrected chi connectivity index (χ0v) is 35.7. The van der Waals surface area contributed by atoms with Gasteiger partial charge in [0.25, 0.3) is 0 Å². The van der Waals surface area contributed by atoms with E-state index in [1.807, 2.05) is 11.3 Å². The molecule has 0 aliphatic heterocycles. The molecule has 2 saturated carbocycles. The van der Waals surface area contributed by atoms with Crippen LogP contribution in [-0.4, -0.2) is 4.57 Å². The quantitative estimate of drug-likeness (QED) is 0.163. The Kier molecular flexibility index (Phi) is 8.60. The highest BCUT2D eigenvalue weighted by Crippen LogP contribution is 2.52. The number of anilines is 3. The van der Waals surface area contributed by atoms with Crippen LogP contribution in [0.5, 0.6) is 0 Å². The zero-order chi connectivity index (χ0) is 40.0. The smallest absolute Gasteiger partial charge is 0.0561 e. The van der Waals surface area contributed by atoms with Crippen molar-refractivity contribution < 1.29 is 0 Å². The highest BCUT2D eigenvalue weighted by atomic mass is 32.1. The molecule has 2 aromatic heterocycles. The van der Waals surface area contributed by atoms with Gasteiger partial charge in [-0.15, -0.1) is 11.3 Å². The molecule has 0 bridgehead atoms. The molecule has 0 N–H and O–H groups in total. The third-order valence-electron chi connectivity index (χ3n) is 14.8. The van der Waals surface area contributed by atoms with E-state index in [2.05, 4.69) is 169 Å². The topological polar surface area (TPSA) is 8.17 Å². The second-order valence-electron chi connectivity index (χ2n) is 18.6. The van der Waals surface area contributed by atoms with Crippen molar-refractivity contribution in [2.45, 2.75) is 95.3 Å². The van der Waals surface area contributed by atoms with Gasteiger partial charge in [-0.1, -0.05) is 137 Å². The van der Waals surface area contributed by atoms with Crippen molar-refractivity contribution in [2.24, 2.45) is 0 Å². The average molecular weight is 797 g/mol. The summed E-state index contributed by atoms with van der Waals surface area (Å²) in [6.07, 6.45) is 13.4. The Bertz CT molecular complexity index is 3100. The van der Waals surface area contributed by atoms with E-state index in [-0.39, 0.29) is 5.41 Å². The van der Waals surface area contributed by atoms with Gasteiger partial charge in [-0.3, -0.25) is 0 Å². The van der Waals surface area contributed by atoms with Crippen LogP contribution in [0, 0.1) is 0 Å². The van der Waals surface area contributed by atoms with E-state index in [1.54, 1.807) is 5.56 Å². The number of benzene rings is 7. The summed E-state index contributed by atoms with van der Waals surface area (Å²) in [5.41, 5.74) is 15.9. The molecule has 296 valence electrons. The third-order valence-corrected chi connectivity index (χ3v) is 15.9. The maximum absolute atomic E-state index is 2.58. The van der Waals surface area contributed by atoms with Crippen LogP contribution in [0.3, 0.4) is 0 Å². The Labute approximate surface area is 358 Å². The minimum Gasteiger partial charge on any atom is -0.310 e. The maximum atomic E-state index is 2.58. The first kappa shape index (κ1) is 36.2. The van der Waals surface area contributed by atoms with E-state index in [9.17, 15) is 0 Å². The molecule has 2 heterocycles. The van der Waals surface area contributed by atoms with Crippen LogP contribution in [-0.2, 0) is 5.41 Å². The van der Waals surface area contributed by atoms with Crippen molar-refractivity contribution in [1.29, 1.82) is 0 Å². The van der Waals surface area contributed by atoms with E-state index in [0.717, 1.165) is 0 Å². The fraction of sp³-hybridized carbons (Fsp3) is 0.263. The van der Waals surface area contributed by atoms with Gasteiger partial charge in [-0.25, -0.2) is 0 Å². The minimum atomic E-state index is -0.105. The second-order valence-corrected chi connectivity index (χ2v) is 19.7. The van der Waals surface area contributed by atoms with Crippen molar-refractivity contribution in [1.82, 2.24) is 4.57 Å². The summed E-state index contributed by atoms with van der Waals surface area (Å²) < 4.78 is 5.18. The van der Waals surface area contributed by atoms with Crippen molar-refractivity contribution in [2.75, 3.05) is 4.90 Å². The molecule has 0 unspecified atom stereocenters. The van der Waals surface area contributed by atoms with Crippen LogP contribution in [0.1, 0.15) is 112 Å². The number of nitrogens with zero attached hydrogens (tertiary/aromatic N) is 2. The monoisotopic (exact) mass is 796 g/mol. The van der Waals surface area contributed by atoms with Crippen molar-refractivity contribution in [3.8, 4) is 16.8 Å². The number of para-hydroxylation sites is 1. The minimum absolute atomic E-state index is 0.105.